The lowest BCUT2D eigenvalue weighted by Crippen LogP contribution is -2.45. The Morgan fingerprint density at radius 2 is 1.93 bits per heavy atom. The number of carbonyl (C=O) groups excluding carboxylic acids is 3. The van der Waals surface area contributed by atoms with Crippen LogP contribution in [0.3, 0.4) is 0 Å². The molecule has 2 aliphatic rings. The fourth-order valence-corrected chi connectivity index (χ4v) is 4.20. The zero-order valence-corrected chi connectivity index (χ0v) is 16.3. The standard InChI is InChI=1S/C20H19ClN4O4/c1-2-29-19(28)20(10-22)14-8-5-12(17(23)26)9-25(14)16(18(24)27)15(20)11-3-6-13(21)7-4-11/h3-9,14-16H,2H2,1H3,(H2,23,26)(H2,24,27)/t14-,15+,16+,20+/m1/s1. The second-order valence-electron chi connectivity index (χ2n) is 6.78. The minimum atomic E-state index is -1.78. The maximum atomic E-state index is 13.1. The molecule has 29 heavy (non-hydrogen) atoms. The van der Waals surface area contributed by atoms with Crippen LogP contribution in [0, 0.1) is 16.7 Å². The first-order valence-electron chi connectivity index (χ1n) is 8.88. The van der Waals surface area contributed by atoms with Gasteiger partial charge in [0.1, 0.15) is 6.04 Å². The summed E-state index contributed by atoms with van der Waals surface area (Å²) in [7, 11) is 0. The number of nitrogens with two attached hydrogens (primary N) is 2. The summed E-state index contributed by atoms with van der Waals surface area (Å²) in [6, 6.07) is 6.59. The second kappa shape index (κ2) is 7.60. The van der Waals surface area contributed by atoms with Crippen molar-refractivity contribution in [3.05, 3.63) is 58.8 Å². The molecule has 3 rings (SSSR count). The highest BCUT2D eigenvalue weighted by Gasteiger charge is 2.66. The van der Waals surface area contributed by atoms with Crippen molar-refractivity contribution in [2.45, 2.75) is 24.9 Å². The number of fused-ring (bicyclic) bond motifs is 1. The molecule has 0 unspecified atom stereocenters. The highest BCUT2D eigenvalue weighted by atomic mass is 35.5. The molecule has 150 valence electrons. The van der Waals surface area contributed by atoms with Crippen LogP contribution >= 0.6 is 11.6 Å². The van der Waals surface area contributed by atoms with E-state index in [1.54, 1.807) is 31.2 Å². The molecule has 0 spiro atoms. The number of nitriles is 1. The number of esters is 1. The maximum absolute atomic E-state index is 13.1. The van der Waals surface area contributed by atoms with Gasteiger partial charge in [0.15, 0.2) is 5.41 Å². The largest absolute Gasteiger partial charge is 0.465 e. The van der Waals surface area contributed by atoms with Gasteiger partial charge in [0.05, 0.1) is 24.3 Å². The van der Waals surface area contributed by atoms with Gasteiger partial charge in [0.2, 0.25) is 11.8 Å². The number of benzene rings is 1. The molecule has 2 heterocycles. The summed E-state index contributed by atoms with van der Waals surface area (Å²) in [5.41, 5.74) is 9.93. The predicted octanol–water partition coefficient (Wildman–Crippen LogP) is 0.974. The molecule has 0 aromatic heterocycles. The molecule has 1 aromatic rings. The van der Waals surface area contributed by atoms with Crippen LogP contribution in [0.15, 0.2) is 48.2 Å². The van der Waals surface area contributed by atoms with Crippen LogP contribution in [0.25, 0.3) is 0 Å². The van der Waals surface area contributed by atoms with Crippen LogP contribution in [0.4, 0.5) is 0 Å². The third-order valence-corrected chi connectivity index (χ3v) is 5.52. The topological polar surface area (TPSA) is 140 Å². The van der Waals surface area contributed by atoms with Crippen molar-refractivity contribution in [1.29, 1.82) is 5.26 Å². The number of ether oxygens (including phenoxy) is 1. The SMILES string of the molecule is CCOC(=O)[C@]1(C#N)[C@@H](c2ccc(Cl)cc2)[C@@H](C(N)=O)N2C=C(C(N)=O)C=C[C@@H]21. The minimum absolute atomic E-state index is 0.0512. The van der Waals surface area contributed by atoms with E-state index >= 15 is 0 Å². The van der Waals surface area contributed by atoms with Gasteiger partial charge in [0.25, 0.3) is 0 Å². The zero-order chi connectivity index (χ0) is 21.3. The van der Waals surface area contributed by atoms with E-state index in [0.29, 0.717) is 10.6 Å². The Morgan fingerprint density at radius 1 is 1.28 bits per heavy atom. The summed E-state index contributed by atoms with van der Waals surface area (Å²) >= 11 is 5.98. The second-order valence-corrected chi connectivity index (χ2v) is 7.21. The third kappa shape index (κ3) is 3.13. The third-order valence-electron chi connectivity index (χ3n) is 5.26. The molecule has 2 aliphatic heterocycles. The normalized spacial score (nSPS) is 27.6. The van der Waals surface area contributed by atoms with Crippen molar-refractivity contribution in [2.24, 2.45) is 16.9 Å². The van der Waals surface area contributed by atoms with Crippen molar-refractivity contribution in [3.8, 4) is 6.07 Å². The van der Waals surface area contributed by atoms with E-state index in [9.17, 15) is 19.6 Å². The van der Waals surface area contributed by atoms with Crippen molar-refractivity contribution in [1.82, 2.24) is 4.90 Å². The predicted molar refractivity (Wildman–Crippen MR) is 104 cm³/mol. The Bertz CT molecular complexity index is 966. The van der Waals surface area contributed by atoms with Crippen molar-refractivity contribution in [2.75, 3.05) is 6.61 Å². The molecule has 1 aromatic carbocycles. The van der Waals surface area contributed by atoms with E-state index in [1.165, 1.54) is 23.3 Å². The molecule has 0 saturated carbocycles. The average Bonchev–Trinajstić information content (AvgIpc) is 2.99. The van der Waals surface area contributed by atoms with E-state index in [-0.39, 0.29) is 12.2 Å². The number of hydrogen-bond donors (Lipinski definition) is 2. The first kappa shape index (κ1) is 20.4. The van der Waals surface area contributed by atoms with E-state index in [2.05, 4.69) is 6.07 Å². The molecular weight excluding hydrogens is 396 g/mol. The zero-order valence-electron chi connectivity index (χ0n) is 15.5. The van der Waals surface area contributed by atoms with Crippen molar-refractivity contribution in [3.63, 3.8) is 0 Å². The Balaban J connectivity index is 2.28. The molecule has 0 aliphatic carbocycles. The van der Waals surface area contributed by atoms with Crippen LogP contribution < -0.4 is 11.5 Å². The van der Waals surface area contributed by atoms with E-state index in [1.807, 2.05) is 0 Å². The molecule has 0 bridgehead atoms. The summed E-state index contributed by atoms with van der Waals surface area (Å²) in [6.45, 7) is 1.68. The summed E-state index contributed by atoms with van der Waals surface area (Å²) in [4.78, 5) is 38.7. The molecule has 4 atom stereocenters. The average molecular weight is 415 g/mol. The number of amides is 2. The van der Waals surface area contributed by atoms with Gasteiger partial charge in [-0.1, -0.05) is 29.8 Å². The van der Waals surface area contributed by atoms with Crippen molar-refractivity contribution < 1.29 is 19.1 Å². The van der Waals surface area contributed by atoms with Crippen LogP contribution in [-0.4, -0.2) is 41.4 Å². The lowest BCUT2D eigenvalue weighted by molar-refractivity contribution is -0.153. The number of nitrogens with zero attached hydrogens (tertiary/aromatic N) is 2. The van der Waals surface area contributed by atoms with Crippen LogP contribution in [-0.2, 0) is 19.1 Å². The van der Waals surface area contributed by atoms with Crippen molar-refractivity contribution >= 4 is 29.4 Å². The summed E-state index contributed by atoms with van der Waals surface area (Å²) in [5.74, 6) is -3.20. The Morgan fingerprint density at radius 3 is 2.45 bits per heavy atom. The fourth-order valence-electron chi connectivity index (χ4n) is 4.08. The van der Waals surface area contributed by atoms with Crippen LogP contribution in [0.5, 0.6) is 0 Å². The molecular formula is C20H19ClN4O4. The molecule has 9 heteroatoms. The first-order chi connectivity index (χ1) is 13.8. The number of rotatable bonds is 5. The summed E-state index contributed by atoms with van der Waals surface area (Å²) < 4.78 is 5.23. The Labute approximate surface area is 172 Å². The Hall–Kier alpha value is -3.31. The number of carbonyl (C=O) groups is 3. The van der Waals surface area contributed by atoms with E-state index in [0.717, 1.165) is 0 Å². The summed E-state index contributed by atoms with van der Waals surface area (Å²) in [5, 5.41) is 10.7. The van der Waals surface area contributed by atoms with Gasteiger partial charge < -0.3 is 21.1 Å². The monoisotopic (exact) mass is 414 g/mol. The highest BCUT2D eigenvalue weighted by molar-refractivity contribution is 6.30. The summed E-state index contributed by atoms with van der Waals surface area (Å²) in [6.07, 6.45) is 4.30. The van der Waals surface area contributed by atoms with Gasteiger partial charge in [-0.25, -0.2) is 0 Å². The molecule has 2 amide bonds. The van der Waals surface area contributed by atoms with E-state index in [4.69, 9.17) is 27.8 Å². The van der Waals surface area contributed by atoms with Gasteiger partial charge >= 0.3 is 5.97 Å². The fraction of sp³-hybridized carbons (Fsp3) is 0.300. The number of primary amides is 2. The lowest BCUT2D eigenvalue weighted by atomic mass is 9.68. The van der Waals surface area contributed by atoms with E-state index < -0.39 is 41.2 Å². The lowest BCUT2D eigenvalue weighted by Gasteiger charge is -2.32. The molecule has 1 saturated heterocycles. The molecule has 8 nitrogen and oxygen atoms in total. The molecule has 4 N–H and O–H groups in total. The smallest absolute Gasteiger partial charge is 0.329 e. The van der Waals surface area contributed by atoms with Gasteiger partial charge in [-0.05, 0) is 30.7 Å². The number of halogens is 1. The first-order valence-corrected chi connectivity index (χ1v) is 9.26. The van der Waals surface area contributed by atoms with Gasteiger partial charge in [-0.15, -0.1) is 0 Å². The Kier molecular flexibility index (Phi) is 5.36. The van der Waals surface area contributed by atoms with Gasteiger partial charge in [-0.2, -0.15) is 5.26 Å². The minimum Gasteiger partial charge on any atom is -0.465 e. The van der Waals surface area contributed by atoms with Gasteiger partial charge in [-0.3, -0.25) is 14.4 Å². The molecule has 1 fully saturated rings. The quantitative estimate of drug-likeness (QED) is 0.688. The number of hydrogen-bond acceptors (Lipinski definition) is 6. The van der Waals surface area contributed by atoms with Crippen LogP contribution in [0.2, 0.25) is 5.02 Å². The van der Waals surface area contributed by atoms with Gasteiger partial charge in [0, 0.05) is 17.1 Å². The van der Waals surface area contributed by atoms with Crippen LogP contribution in [0.1, 0.15) is 18.4 Å². The maximum Gasteiger partial charge on any atom is 0.329 e. The highest BCUT2D eigenvalue weighted by Crippen LogP contribution is 2.53. The molecule has 0 radical (unpaired) electrons.